The Morgan fingerprint density at radius 3 is 1.87 bits per heavy atom. The molecular weight excluding hydrogens is 498 g/mol. The zero-order chi connectivity index (χ0) is 27.9. The number of carbonyl (C=O) groups excluding carboxylic acids is 2. The number of carbonyl (C=O) groups is 2. The fourth-order valence-electron chi connectivity index (χ4n) is 4.04. The summed E-state index contributed by atoms with van der Waals surface area (Å²) in [7, 11) is -4.07. The van der Waals surface area contributed by atoms with Gasteiger partial charge in [-0.3, -0.25) is 13.9 Å². The summed E-state index contributed by atoms with van der Waals surface area (Å²) in [4.78, 5) is 28.3. The predicted octanol–water partition coefficient (Wildman–Crippen LogP) is 4.95. The quantitative estimate of drug-likeness (QED) is 0.377. The van der Waals surface area contributed by atoms with Crippen LogP contribution in [0.2, 0.25) is 0 Å². The van der Waals surface area contributed by atoms with E-state index in [-0.39, 0.29) is 29.3 Å². The van der Waals surface area contributed by atoms with Crippen molar-refractivity contribution in [1.82, 2.24) is 10.2 Å². The number of sulfonamides is 1. The highest BCUT2D eigenvalue weighted by Gasteiger charge is 2.32. The Morgan fingerprint density at radius 1 is 0.789 bits per heavy atom. The first-order chi connectivity index (χ1) is 18.0. The second kappa shape index (κ2) is 12.7. The van der Waals surface area contributed by atoms with E-state index in [0.717, 1.165) is 15.4 Å². The normalized spacial score (nSPS) is 12.3. The maximum Gasteiger partial charge on any atom is 0.264 e. The second-order valence-corrected chi connectivity index (χ2v) is 11.8. The van der Waals surface area contributed by atoms with E-state index in [0.29, 0.717) is 5.69 Å². The average Bonchev–Trinajstić information content (AvgIpc) is 2.90. The molecule has 3 aromatic carbocycles. The van der Waals surface area contributed by atoms with Crippen molar-refractivity contribution in [3.63, 3.8) is 0 Å². The molecule has 7 nitrogen and oxygen atoms in total. The van der Waals surface area contributed by atoms with Crippen LogP contribution in [0.15, 0.2) is 89.8 Å². The summed E-state index contributed by atoms with van der Waals surface area (Å²) >= 11 is 0. The lowest BCUT2D eigenvalue weighted by atomic mass is 10.0. The highest BCUT2D eigenvalue weighted by Crippen LogP contribution is 2.26. The van der Waals surface area contributed by atoms with Gasteiger partial charge in [0.05, 0.1) is 10.6 Å². The molecule has 0 aromatic heterocycles. The van der Waals surface area contributed by atoms with E-state index >= 15 is 0 Å². The van der Waals surface area contributed by atoms with Crippen LogP contribution >= 0.6 is 0 Å². The van der Waals surface area contributed by atoms with Crippen molar-refractivity contribution >= 4 is 27.5 Å². The van der Waals surface area contributed by atoms with Crippen LogP contribution in [0.25, 0.3) is 0 Å². The minimum absolute atomic E-state index is 0.0842. The van der Waals surface area contributed by atoms with Crippen molar-refractivity contribution in [1.29, 1.82) is 0 Å². The molecule has 1 N–H and O–H groups in total. The van der Waals surface area contributed by atoms with E-state index in [9.17, 15) is 18.0 Å². The van der Waals surface area contributed by atoms with Crippen molar-refractivity contribution in [3.05, 3.63) is 96.1 Å². The zero-order valence-corrected chi connectivity index (χ0v) is 23.5. The largest absolute Gasteiger partial charge is 0.352 e. The fourth-order valence-corrected chi connectivity index (χ4v) is 5.48. The van der Waals surface area contributed by atoms with Gasteiger partial charge in [-0.2, -0.15) is 0 Å². The van der Waals surface area contributed by atoms with Crippen LogP contribution in [-0.4, -0.2) is 43.8 Å². The van der Waals surface area contributed by atoms with Crippen molar-refractivity contribution in [3.8, 4) is 0 Å². The van der Waals surface area contributed by atoms with E-state index in [4.69, 9.17) is 0 Å². The molecule has 0 aliphatic carbocycles. The van der Waals surface area contributed by atoms with E-state index in [1.807, 2.05) is 56.3 Å². The number of hydrogen-bond acceptors (Lipinski definition) is 4. The maximum absolute atomic E-state index is 13.9. The van der Waals surface area contributed by atoms with E-state index < -0.39 is 28.5 Å². The van der Waals surface area contributed by atoms with Gasteiger partial charge < -0.3 is 10.2 Å². The molecule has 0 heterocycles. The number of nitrogens with zero attached hydrogens (tertiary/aromatic N) is 2. The van der Waals surface area contributed by atoms with Gasteiger partial charge in [-0.25, -0.2) is 8.42 Å². The number of anilines is 1. The molecular formula is C30H37N3O4S. The lowest BCUT2D eigenvalue weighted by molar-refractivity contribution is -0.139. The predicted molar refractivity (Wildman–Crippen MR) is 151 cm³/mol. The smallest absolute Gasteiger partial charge is 0.264 e. The molecule has 202 valence electrons. The van der Waals surface area contributed by atoms with E-state index in [2.05, 4.69) is 19.2 Å². The summed E-state index contributed by atoms with van der Waals surface area (Å²) in [5.41, 5.74) is 2.27. The molecule has 0 bridgehead atoms. The summed E-state index contributed by atoms with van der Waals surface area (Å²) < 4.78 is 28.7. The van der Waals surface area contributed by atoms with Crippen LogP contribution in [0.3, 0.4) is 0 Å². The SMILES string of the molecule is CC(C)NC(=O)[C@@H](C)N(Cc1ccccc1)C(=O)CN(c1ccc(C(C)C)cc1)S(=O)(=O)c1ccccc1. The summed E-state index contributed by atoms with van der Waals surface area (Å²) in [6.45, 7) is 9.18. The average molecular weight is 536 g/mol. The highest BCUT2D eigenvalue weighted by molar-refractivity contribution is 7.92. The third-order valence-corrected chi connectivity index (χ3v) is 8.04. The van der Waals surface area contributed by atoms with Gasteiger partial charge in [0.2, 0.25) is 11.8 Å². The molecule has 2 amide bonds. The summed E-state index contributed by atoms with van der Waals surface area (Å²) in [6.07, 6.45) is 0. The van der Waals surface area contributed by atoms with Crippen molar-refractivity contribution in [2.24, 2.45) is 0 Å². The molecule has 0 radical (unpaired) electrons. The number of hydrogen-bond donors (Lipinski definition) is 1. The molecule has 0 saturated heterocycles. The van der Waals surface area contributed by atoms with Gasteiger partial charge in [0.1, 0.15) is 12.6 Å². The third-order valence-electron chi connectivity index (χ3n) is 6.25. The first-order valence-corrected chi connectivity index (χ1v) is 14.3. The summed E-state index contributed by atoms with van der Waals surface area (Å²) in [6, 6.07) is 23.7. The Kier molecular flexibility index (Phi) is 9.69. The molecule has 1 atom stereocenters. The van der Waals surface area contributed by atoms with Crippen LogP contribution in [-0.2, 0) is 26.2 Å². The van der Waals surface area contributed by atoms with Gasteiger partial charge in [0.25, 0.3) is 10.0 Å². The van der Waals surface area contributed by atoms with Crippen molar-refractivity contribution in [2.45, 2.75) is 64.1 Å². The third kappa shape index (κ3) is 7.22. The van der Waals surface area contributed by atoms with Gasteiger partial charge in [0.15, 0.2) is 0 Å². The van der Waals surface area contributed by atoms with Gasteiger partial charge in [-0.15, -0.1) is 0 Å². The van der Waals surface area contributed by atoms with Gasteiger partial charge >= 0.3 is 0 Å². The van der Waals surface area contributed by atoms with Gasteiger partial charge in [-0.05, 0) is 62.1 Å². The minimum atomic E-state index is -4.07. The fraction of sp³-hybridized carbons (Fsp3) is 0.333. The Hall–Kier alpha value is -3.65. The van der Waals surface area contributed by atoms with Gasteiger partial charge in [-0.1, -0.05) is 74.5 Å². The van der Waals surface area contributed by atoms with E-state index in [1.54, 1.807) is 37.3 Å². The molecule has 3 aromatic rings. The van der Waals surface area contributed by atoms with E-state index in [1.165, 1.54) is 17.0 Å². The Bertz CT molecular complexity index is 1310. The monoisotopic (exact) mass is 535 g/mol. The van der Waals surface area contributed by atoms with Crippen LogP contribution in [0.1, 0.15) is 51.7 Å². The Labute approximate surface area is 226 Å². The summed E-state index contributed by atoms with van der Waals surface area (Å²) in [5.74, 6) is -0.512. The first kappa shape index (κ1) is 28.9. The number of amides is 2. The topological polar surface area (TPSA) is 86.8 Å². The maximum atomic E-state index is 13.9. The van der Waals surface area contributed by atoms with Crippen molar-refractivity contribution in [2.75, 3.05) is 10.8 Å². The van der Waals surface area contributed by atoms with Gasteiger partial charge in [0, 0.05) is 12.6 Å². The second-order valence-electron chi connectivity index (χ2n) is 9.92. The molecule has 0 aliphatic heterocycles. The molecule has 0 spiro atoms. The molecule has 38 heavy (non-hydrogen) atoms. The lowest BCUT2D eigenvalue weighted by Gasteiger charge is -2.32. The highest BCUT2D eigenvalue weighted by atomic mass is 32.2. The number of rotatable bonds is 11. The Morgan fingerprint density at radius 2 is 1.34 bits per heavy atom. The number of benzene rings is 3. The minimum Gasteiger partial charge on any atom is -0.352 e. The Balaban J connectivity index is 2.02. The van der Waals surface area contributed by atoms with Crippen LogP contribution < -0.4 is 9.62 Å². The molecule has 3 rings (SSSR count). The molecule has 0 saturated carbocycles. The molecule has 8 heteroatoms. The molecule has 0 unspecified atom stereocenters. The van der Waals surface area contributed by atoms with Crippen LogP contribution in [0, 0.1) is 0 Å². The van der Waals surface area contributed by atoms with Crippen LogP contribution in [0.5, 0.6) is 0 Å². The molecule has 0 aliphatic rings. The first-order valence-electron chi connectivity index (χ1n) is 12.8. The van der Waals surface area contributed by atoms with Crippen molar-refractivity contribution < 1.29 is 18.0 Å². The summed E-state index contributed by atoms with van der Waals surface area (Å²) in [5, 5.41) is 2.86. The van der Waals surface area contributed by atoms with Crippen LogP contribution in [0.4, 0.5) is 5.69 Å². The zero-order valence-electron chi connectivity index (χ0n) is 22.7. The molecule has 0 fully saturated rings. The number of nitrogens with one attached hydrogen (secondary N) is 1. The lowest BCUT2D eigenvalue weighted by Crippen LogP contribution is -2.52. The standard InChI is InChI=1S/C30H37N3O4S/c1-22(2)26-16-18-27(19-17-26)33(38(36,37)28-14-10-7-11-15-28)21-29(34)32(20-25-12-8-6-9-13-25)24(5)30(35)31-23(3)4/h6-19,22-24H,20-21H2,1-5H3,(H,31,35)/t24-/m1/s1.